The molecule has 0 aromatic heterocycles. The van der Waals surface area contributed by atoms with E-state index in [4.69, 9.17) is 24.8 Å². The Morgan fingerprint density at radius 3 is 1.49 bits per heavy atom. The average Bonchev–Trinajstić information content (AvgIpc) is 3.07. The standard InChI is InChI=1S/C37H70NO10P/c1-3-5-7-9-11-13-15-16-17-19-20-22-24-26-28-35(39)45-30-33(31-46-49(43,44)47-32-34(38)37(41)42)48-36(40)29-27-25-23-21-18-14-12-10-8-6-4-2/h15-16,33-34H,3-14,17-32,38H2,1-2H3,(H,41,42)(H,43,44)/b16-15-/t33-,34+/m1/s1. The highest BCUT2D eigenvalue weighted by Gasteiger charge is 2.28. The van der Waals surface area contributed by atoms with Crippen LogP contribution < -0.4 is 5.73 Å². The van der Waals surface area contributed by atoms with Crippen LogP contribution in [0.25, 0.3) is 0 Å². The van der Waals surface area contributed by atoms with Crippen LogP contribution in [0.5, 0.6) is 0 Å². The highest BCUT2D eigenvalue weighted by molar-refractivity contribution is 7.47. The Labute approximate surface area is 297 Å². The lowest BCUT2D eigenvalue weighted by Crippen LogP contribution is -2.34. The molecule has 0 aliphatic carbocycles. The molecule has 0 aromatic carbocycles. The van der Waals surface area contributed by atoms with Gasteiger partial charge in [-0.15, -0.1) is 0 Å². The van der Waals surface area contributed by atoms with Crippen LogP contribution >= 0.6 is 7.82 Å². The molecule has 288 valence electrons. The van der Waals surface area contributed by atoms with E-state index >= 15 is 0 Å². The molecule has 0 spiro atoms. The van der Waals surface area contributed by atoms with Crippen molar-refractivity contribution < 1.29 is 47.5 Å². The minimum absolute atomic E-state index is 0.164. The highest BCUT2D eigenvalue weighted by atomic mass is 31.2. The van der Waals surface area contributed by atoms with Gasteiger partial charge in [0.25, 0.3) is 0 Å². The number of esters is 2. The molecule has 12 heteroatoms. The SMILES string of the molecule is CCCCCCC/C=C\CCCCCCCC(=O)OC[C@H](COP(=O)(O)OC[C@H](N)C(=O)O)OC(=O)CCCCCCCCCCCCC. The number of ether oxygens (including phenoxy) is 2. The second-order valence-electron chi connectivity index (χ2n) is 13.1. The Hall–Kier alpha value is -1.78. The van der Waals surface area contributed by atoms with E-state index in [1.54, 1.807) is 0 Å². The topological polar surface area (TPSA) is 172 Å². The Kier molecular flexibility index (Phi) is 32.2. The van der Waals surface area contributed by atoms with Crippen molar-refractivity contribution in [2.45, 2.75) is 187 Å². The number of carboxylic acid groups (broad SMARTS) is 1. The van der Waals surface area contributed by atoms with Gasteiger partial charge in [0.05, 0.1) is 13.2 Å². The van der Waals surface area contributed by atoms with Crippen molar-refractivity contribution in [3.63, 3.8) is 0 Å². The number of phosphoric ester groups is 1. The summed E-state index contributed by atoms with van der Waals surface area (Å²) in [5, 5.41) is 8.85. The van der Waals surface area contributed by atoms with E-state index in [-0.39, 0.29) is 19.4 Å². The molecular formula is C37H70NO10P. The third-order valence-corrected chi connectivity index (χ3v) is 9.21. The summed E-state index contributed by atoms with van der Waals surface area (Å²) in [6, 6.07) is -1.52. The summed E-state index contributed by atoms with van der Waals surface area (Å²) in [4.78, 5) is 45.7. The Bertz CT molecular complexity index is 900. The first kappa shape index (κ1) is 47.2. The van der Waals surface area contributed by atoms with E-state index in [0.29, 0.717) is 12.8 Å². The van der Waals surface area contributed by atoms with Crippen molar-refractivity contribution in [1.82, 2.24) is 0 Å². The zero-order valence-electron chi connectivity index (χ0n) is 30.8. The van der Waals surface area contributed by atoms with Crippen LogP contribution in [0.3, 0.4) is 0 Å². The zero-order chi connectivity index (χ0) is 36.4. The third kappa shape index (κ3) is 33.1. The van der Waals surface area contributed by atoms with Crippen LogP contribution in [0.2, 0.25) is 0 Å². The number of phosphoric acid groups is 1. The number of nitrogens with two attached hydrogens (primary N) is 1. The Morgan fingerprint density at radius 2 is 1.02 bits per heavy atom. The number of unbranched alkanes of at least 4 members (excludes halogenated alkanes) is 20. The largest absolute Gasteiger partial charge is 0.480 e. The lowest BCUT2D eigenvalue weighted by Gasteiger charge is -2.20. The van der Waals surface area contributed by atoms with E-state index in [1.165, 1.54) is 77.0 Å². The van der Waals surface area contributed by atoms with Crippen molar-refractivity contribution in [2.75, 3.05) is 19.8 Å². The van der Waals surface area contributed by atoms with Gasteiger partial charge in [0.15, 0.2) is 6.10 Å². The van der Waals surface area contributed by atoms with Crippen molar-refractivity contribution in [2.24, 2.45) is 5.73 Å². The number of carbonyl (C=O) groups excluding carboxylic acids is 2. The van der Waals surface area contributed by atoms with E-state index in [9.17, 15) is 23.8 Å². The minimum atomic E-state index is -4.70. The maximum Gasteiger partial charge on any atom is 0.472 e. The van der Waals surface area contributed by atoms with Crippen LogP contribution in [0.15, 0.2) is 12.2 Å². The molecule has 3 atom stereocenters. The summed E-state index contributed by atoms with van der Waals surface area (Å²) in [6.45, 7) is 2.76. The van der Waals surface area contributed by atoms with Gasteiger partial charge in [-0.2, -0.15) is 0 Å². The molecule has 0 rings (SSSR count). The molecule has 0 aliphatic heterocycles. The van der Waals surface area contributed by atoms with E-state index in [1.807, 2.05) is 0 Å². The maximum atomic E-state index is 12.5. The molecule has 0 aliphatic rings. The van der Waals surface area contributed by atoms with E-state index < -0.39 is 51.1 Å². The first-order chi connectivity index (χ1) is 23.6. The molecule has 49 heavy (non-hydrogen) atoms. The van der Waals surface area contributed by atoms with Crippen molar-refractivity contribution in [3.05, 3.63) is 12.2 Å². The first-order valence-corrected chi connectivity index (χ1v) is 20.7. The fourth-order valence-corrected chi connectivity index (χ4v) is 5.95. The smallest absolute Gasteiger partial charge is 0.472 e. The van der Waals surface area contributed by atoms with Crippen LogP contribution in [0, 0.1) is 0 Å². The first-order valence-electron chi connectivity index (χ1n) is 19.2. The zero-order valence-corrected chi connectivity index (χ0v) is 31.7. The fourth-order valence-electron chi connectivity index (χ4n) is 5.18. The number of hydrogen-bond acceptors (Lipinski definition) is 9. The Balaban J connectivity index is 4.43. The lowest BCUT2D eigenvalue weighted by molar-refractivity contribution is -0.161. The summed E-state index contributed by atoms with van der Waals surface area (Å²) in [5.74, 6) is -2.38. The summed E-state index contributed by atoms with van der Waals surface area (Å²) in [6.07, 6.45) is 30.0. The lowest BCUT2D eigenvalue weighted by atomic mass is 10.1. The number of rotatable bonds is 36. The number of carboxylic acids is 1. The van der Waals surface area contributed by atoms with Crippen molar-refractivity contribution >= 4 is 25.7 Å². The van der Waals surface area contributed by atoms with Crippen LogP contribution in [-0.4, -0.2) is 59.9 Å². The second-order valence-corrected chi connectivity index (χ2v) is 14.5. The van der Waals surface area contributed by atoms with Crippen molar-refractivity contribution in [3.8, 4) is 0 Å². The molecule has 0 saturated carbocycles. The molecule has 0 aromatic rings. The fraction of sp³-hybridized carbons (Fsp3) is 0.865. The average molecular weight is 720 g/mol. The number of aliphatic carboxylic acids is 1. The van der Waals surface area contributed by atoms with Gasteiger partial charge in [0, 0.05) is 12.8 Å². The maximum absolute atomic E-state index is 12.5. The molecule has 0 fully saturated rings. The van der Waals surface area contributed by atoms with Gasteiger partial charge in [0.2, 0.25) is 0 Å². The van der Waals surface area contributed by atoms with Gasteiger partial charge in [-0.1, -0.05) is 135 Å². The van der Waals surface area contributed by atoms with Gasteiger partial charge in [0.1, 0.15) is 12.6 Å². The van der Waals surface area contributed by atoms with Gasteiger partial charge in [-0.25, -0.2) is 4.57 Å². The summed E-state index contributed by atoms with van der Waals surface area (Å²) >= 11 is 0. The predicted molar refractivity (Wildman–Crippen MR) is 194 cm³/mol. The van der Waals surface area contributed by atoms with E-state index in [2.05, 4.69) is 30.5 Å². The summed E-state index contributed by atoms with van der Waals surface area (Å²) in [5.41, 5.74) is 5.31. The molecule has 0 radical (unpaired) electrons. The summed E-state index contributed by atoms with van der Waals surface area (Å²) in [7, 11) is -4.70. The predicted octanol–water partition coefficient (Wildman–Crippen LogP) is 9.34. The number of allylic oxidation sites excluding steroid dienone is 2. The molecule has 0 saturated heterocycles. The second kappa shape index (κ2) is 33.4. The minimum Gasteiger partial charge on any atom is -0.480 e. The monoisotopic (exact) mass is 719 g/mol. The van der Waals surface area contributed by atoms with Crippen LogP contribution in [0.1, 0.15) is 174 Å². The molecule has 0 heterocycles. The number of hydrogen-bond donors (Lipinski definition) is 3. The van der Waals surface area contributed by atoms with Gasteiger partial charge < -0.3 is 25.2 Å². The molecule has 0 bridgehead atoms. The summed E-state index contributed by atoms with van der Waals surface area (Å²) < 4.78 is 32.5. The van der Waals surface area contributed by atoms with Crippen molar-refractivity contribution in [1.29, 1.82) is 0 Å². The quantitative estimate of drug-likeness (QED) is 0.0244. The van der Waals surface area contributed by atoms with Gasteiger partial charge >= 0.3 is 25.7 Å². The molecule has 1 unspecified atom stereocenters. The number of carbonyl (C=O) groups is 3. The van der Waals surface area contributed by atoms with Gasteiger partial charge in [-0.05, 0) is 38.5 Å². The van der Waals surface area contributed by atoms with Crippen LogP contribution in [-0.2, 0) is 37.5 Å². The molecule has 11 nitrogen and oxygen atoms in total. The van der Waals surface area contributed by atoms with Crippen LogP contribution in [0.4, 0.5) is 0 Å². The Morgan fingerprint density at radius 1 is 0.612 bits per heavy atom. The third-order valence-electron chi connectivity index (χ3n) is 8.26. The van der Waals surface area contributed by atoms with Gasteiger partial charge in [-0.3, -0.25) is 23.4 Å². The normalized spacial score (nSPS) is 14.0. The molecule has 4 N–H and O–H groups in total. The molecular weight excluding hydrogens is 649 g/mol. The van der Waals surface area contributed by atoms with E-state index in [0.717, 1.165) is 57.8 Å². The molecule has 0 amide bonds. The highest BCUT2D eigenvalue weighted by Crippen LogP contribution is 2.43.